The van der Waals surface area contributed by atoms with E-state index in [0.29, 0.717) is 17.8 Å². The second-order valence-electron chi connectivity index (χ2n) is 5.99. The number of fused-ring (bicyclic) bond motifs is 1. The Morgan fingerprint density at radius 3 is 2.96 bits per heavy atom. The lowest BCUT2D eigenvalue weighted by atomic mass is 10.2. The minimum Gasteiger partial charge on any atom is -0.320 e. The lowest BCUT2D eigenvalue weighted by Crippen LogP contribution is -2.28. The zero-order valence-corrected chi connectivity index (χ0v) is 15.8. The number of benzene rings is 1. The summed E-state index contributed by atoms with van der Waals surface area (Å²) in [4.78, 5) is 19.7. The third-order valence-electron chi connectivity index (χ3n) is 4.11. The highest BCUT2D eigenvalue weighted by Gasteiger charge is 2.25. The van der Waals surface area contributed by atoms with Crippen LogP contribution in [-0.4, -0.2) is 34.8 Å². The van der Waals surface area contributed by atoms with Gasteiger partial charge in [-0.15, -0.1) is 22.7 Å². The molecule has 25 heavy (non-hydrogen) atoms. The number of carbonyl (C=O) groups excluding carboxylic acids is 1. The van der Waals surface area contributed by atoms with Crippen LogP contribution in [0.25, 0.3) is 15.8 Å². The van der Waals surface area contributed by atoms with Crippen molar-refractivity contribution < 1.29 is 9.18 Å². The number of thiazole rings is 1. The van der Waals surface area contributed by atoms with Crippen LogP contribution in [0.3, 0.4) is 0 Å². The number of aromatic nitrogens is 1. The van der Waals surface area contributed by atoms with Gasteiger partial charge in [-0.25, -0.2) is 9.18 Å². The van der Waals surface area contributed by atoms with Crippen LogP contribution >= 0.6 is 34.3 Å². The number of hydrogen-bond donors (Lipinski definition) is 0. The number of rotatable bonds is 1. The standard InChI is InChI=1S/C17H15ClFN3OS2/c1-10-8-22(13-2-3-14-11(6-13)7-15(18)25-14)17(24-10)20-16(23)21-5-4-12(19)9-21/h2-3,6-8,12H,4-5,9H2,1H3/b20-17-. The first-order chi connectivity index (χ1) is 12.0. The summed E-state index contributed by atoms with van der Waals surface area (Å²) in [6, 6.07) is 7.58. The first-order valence-corrected chi connectivity index (χ1v) is 9.87. The van der Waals surface area contributed by atoms with Gasteiger partial charge in [-0.1, -0.05) is 11.6 Å². The molecule has 1 aliphatic rings. The third kappa shape index (κ3) is 3.36. The van der Waals surface area contributed by atoms with E-state index in [0.717, 1.165) is 25.0 Å². The topological polar surface area (TPSA) is 37.6 Å². The van der Waals surface area contributed by atoms with Gasteiger partial charge < -0.3 is 4.90 Å². The maximum absolute atomic E-state index is 13.3. The SMILES string of the molecule is Cc1cn(-c2ccc3sc(Cl)cc3c2)/c(=N/C(=O)N2CCC(F)C2)s1. The highest BCUT2D eigenvalue weighted by atomic mass is 35.5. The van der Waals surface area contributed by atoms with Gasteiger partial charge >= 0.3 is 6.03 Å². The Hall–Kier alpha value is -1.70. The molecule has 1 unspecified atom stereocenters. The fourth-order valence-electron chi connectivity index (χ4n) is 2.91. The number of hydrogen-bond acceptors (Lipinski definition) is 3. The second-order valence-corrected chi connectivity index (χ2v) is 8.92. The molecule has 2 aromatic heterocycles. The predicted molar refractivity (Wildman–Crippen MR) is 101 cm³/mol. The number of thiophene rings is 1. The van der Waals surface area contributed by atoms with E-state index in [9.17, 15) is 9.18 Å². The van der Waals surface area contributed by atoms with E-state index in [-0.39, 0.29) is 12.6 Å². The van der Waals surface area contributed by atoms with Gasteiger partial charge in [-0.05, 0) is 43.0 Å². The molecule has 3 heterocycles. The molecule has 1 atom stereocenters. The summed E-state index contributed by atoms with van der Waals surface area (Å²) in [5.74, 6) is 0. The van der Waals surface area contributed by atoms with Gasteiger partial charge in [-0.3, -0.25) is 4.57 Å². The molecule has 1 aromatic carbocycles. The molecule has 0 saturated carbocycles. The van der Waals surface area contributed by atoms with Gasteiger partial charge in [0.15, 0.2) is 4.80 Å². The van der Waals surface area contributed by atoms with Gasteiger partial charge in [0, 0.05) is 28.0 Å². The zero-order valence-electron chi connectivity index (χ0n) is 13.4. The van der Waals surface area contributed by atoms with Crippen molar-refractivity contribution in [3.8, 4) is 5.69 Å². The number of aryl methyl sites for hydroxylation is 1. The van der Waals surface area contributed by atoms with Crippen molar-refractivity contribution in [2.24, 2.45) is 4.99 Å². The first kappa shape index (κ1) is 16.8. The number of amides is 2. The molecule has 130 valence electrons. The lowest BCUT2D eigenvalue weighted by Gasteiger charge is -2.10. The Bertz CT molecular complexity index is 1020. The molecular formula is C17H15ClFN3OS2. The average molecular weight is 396 g/mol. The van der Waals surface area contributed by atoms with E-state index in [4.69, 9.17) is 11.6 Å². The van der Waals surface area contributed by atoms with Crippen LogP contribution in [0.1, 0.15) is 11.3 Å². The molecule has 0 spiro atoms. The Morgan fingerprint density at radius 2 is 2.20 bits per heavy atom. The van der Waals surface area contributed by atoms with E-state index >= 15 is 0 Å². The first-order valence-electron chi connectivity index (χ1n) is 7.86. The van der Waals surface area contributed by atoms with Crippen LogP contribution in [-0.2, 0) is 0 Å². The van der Waals surface area contributed by atoms with E-state index in [1.54, 1.807) is 0 Å². The smallest absolute Gasteiger partial charge is 0.320 e. The molecule has 4 rings (SSSR count). The number of carbonyl (C=O) groups is 1. The van der Waals surface area contributed by atoms with E-state index in [1.807, 2.05) is 42.0 Å². The van der Waals surface area contributed by atoms with Crippen LogP contribution in [0.5, 0.6) is 0 Å². The van der Waals surface area contributed by atoms with Crippen molar-refractivity contribution in [3.63, 3.8) is 0 Å². The zero-order chi connectivity index (χ0) is 17.6. The summed E-state index contributed by atoms with van der Waals surface area (Å²) >= 11 is 9.06. The molecule has 3 aromatic rings. The number of nitrogens with zero attached hydrogens (tertiary/aromatic N) is 3. The molecule has 1 aliphatic heterocycles. The van der Waals surface area contributed by atoms with Crippen LogP contribution in [0.2, 0.25) is 4.34 Å². The molecule has 0 bridgehead atoms. The summed E-state index contributed by atoms with van der Waals surface area (Å²) in [7, 11) is 0. The van der Waals surface area contributed by atoms with Gasteiger partial charge in [0.1, 0.15) is 6.17 Å². The summed E-state index contributed by atoms with van der Waals surface area (Å²) in [6.45, 7) is 2.53. The van der Waals surface area contributed by atoms with Crippen molar-refractivity contribution in [1.29, 1.82) is 0 Å². The van der Waals surface area contributed by atoms with Gasteiger partial charge in [0.2, 0.25) is 0 Å². The summed E-state index contributed by atoms with van der Waals surface area (Å²) in [5.41, 5.74) is 0.919. The van der Waals surface area contributed by atoms with Gasteiger partial charge in [-0.2, -0.15) is 4.99 Å². The maximum Gasteiger partial charge on any atom is 0.346 e. The van der Waals surface area contributed by atoms with Gasteiger partial charge in [0.05, 0.1) is 10.9 Å². The minimum absolute atomic E-state index is 0.131. The predicted octanol–water partition coefficient (Wildman–Crippen LogP) is 4.78. The van der Waals surface area contributed by atoms with Crippen LogP contribution in [0.4, 0.5) is 9.18 Å². The largest absolute Gasteiger partial charge is 0.346 e. The van der Waals surface area contributed by atoms with Crippen molar-refractivity contribution >= 4 is 50.4 Å². The Balaban J connectivity index is 1.74. The van der Waals surface area contributed by atoms with E-state index < -0.39 is 6.17 Å². The summed E-state index contributed by atoms with van der Waals surface area (Å²) in [6.07, 6.45) is 1.40. The van der Waals surface area contributed by atoms with Crippen molar-refractivity contribution in [2.45, 2.75) is 19.5 Å². The third-order valence-corrected chi connectivity index (χ3v) is 6.25. The second kappa shape index (κ2) is 6.55. The minimum atomic E-state index is -0.943. The molecule has 4 nitrogen and oxygen atoms in total. The van der Waals surface area contributed by atoms with E-state index in [1.165, 1.54) is 27.6 Å². The van der Waals surface area contributed by atoms with Crippen LogP contribution in [0, 0.1) is 6.92 Å². The molecule has 0 N–H and O–H groups in total. The highest BCUT2D eigenvalue weighted by molar-refractivity contribution is 7.22. The molecular weight excluding hydrogens is 381 g/mol. The maximum atomic E-state index is 13.3. The van der Waals surface area contributed by atoms with Crippen molar-refractivity contribution in [3.05, 3.63) is 44.5 Å². The molecule has 2 amide bonds. The quantitative estimate of drug-likeness (QED) is 0.584. The molecule has 8 heteroatoms. The monoisotopic (exact) mass is 395 g/mol. The number of halogens is 2. The Morgan fingerprint density at radius 1 is 1.36 bits per heavy atom. The van der Waals surface area contributed by atoms with Crippen molar-refractivity contribution in [2.75, 3.05) is 13.1 Å². The summed E-state index contributed by atoms with van der Waals surface area (Å²) < 4.78 is 17.1. The van der Waals surface area contributed by atoms with Crippen LogP contribution in [0.15, 0.2) is 35.5 Å². The number of alkyl halides is 1. The van der Waals surface area contributed by atoms with Gasteiger partial charge in [0.25, 0.3) is 0 Å². The molecule has 1 saturated heterocycles. The molecule has 1 fully saturated rings. The fourth-order valence-corrected chi connectivity index (χ4v) is 4.87. The Kier molecular flexibility index (Phi) is 4.39. The fraction of sp³-hybridized carbons (Fsp3) is 0.294. The van der Waals surface area contributed by atoms with E-state index in [2.05, 4.69) is 4.99 Å². The highest BCUT2D eigenvalue weighted by Crippen LogP contribution is 2.30. The normalized spacial score (nSPS) is 18.4. The molecule has 0 radical (unpaired) electrons. The molecule has 0 aliphatic carbocycles. The lowest BCUT2D eigenvalue weighted by molar-refractivity contribution is 0.213. The number of likely N-dealkylation sites (tertiary alicyclic amines) is 1. The van der Waals surface area contributed by atoms with Crippen LogP contribution < -0.4 is 4.80 Å². The average Bonchev–Trinajstić information content (AvgIpc) is 3.24. The van der Waals surface area contributed by atoms with Crippen molar-refractivity contribution in [1.82, 2.24) is 9.47 Å². The number of urea groups is 1. The Labute approximate surface area is 156 Å². The summed E-state index contributed by atoms with van der Waals surface area (Å²) in [5, 5.41) is 1.06.